The molecule has 0 unspecified atom stereocenters. The van der Waals surface area contributed by atoms with E-state index in [1.54, 1.807) is 6.07 Å². The Bertz CT molecular complexity index is 979. The predicted octanol–water partition coefficient (Wildman–Crippen LogP) is 3.65. The third-order valence-electron chi connectivity index (χ3n) is 3.53. The minimum absolute atomic E-state index is 0.0910. The van der Waals surface area contributed by atoms with Gasteiger partial charge in [-0.1, -0.05) is 42.5 Å². The van der Waals surface area contributed by atoms with Crippen LogP contribution in [0.5, 0.6) is 0 Å². The number of aliphatic imine (C=N–C) groups is 1. The Hall–Kier alpha value is -3.81. The summed E-state index contributed by atoms with van der Waals surface area (Å²) in [6.45, 7) is 0. The Morgan fingerprint density at radius 2 is 1.96 bits per heavy atom. The van der Waals surface area contributed by atoms with Crippen molar-refractivity contribution in [3.05, 3.63) is 76.5 Å². The number of carboxylic acids is 1. The van der Waals surface area contributed by atoms with Gasteiger partial charge in [-0.05, 0) is 5.56 Å². The second-order valence-corrected chi connectivity index (χ2v) is 5.35. The fourth-order valence-electron chi connectivity index (χ4n) is 2.31. The number of nitro groups is 1. The van der Waals surface area contributed by atoms with Crippen molar-refractivity contribution in [1.29, 1.82) is 0 Å². The van der Waals surface area contributed by atoms with E-state index in [4.69, 9.17) is 4.42 Å². The average molecular weight is 351 g/mol. The van der Waals surface area contributed by atoms with Gasteiger partial charge < -0.3 is 9.52 Å². The van der Waals surface area contributed by atoms with Gasteiger partial charge in [0.05, 0.1) is 4.92 Å². The van der Waals surface area contributed by atoms with E-state index in [0.717, 1.165) is 5.56 Å². The summed E-state index contributed by atoms with van der Waals surface area (Å²) in [7, 11) is 0. The molecule has 0 bridgehead atoms. The van der Waals surface area contributed by atoms with Crippen molar-refractivity contribution in [3.8, 4) is 11.3 Å². The van der Waals surface area contributed by atoms with Crippen LogP contribution in [0, 0.1) is 10.1 Å². The molecule has 26 heavy (non-hydrogen) atoms. The summed E-state index contributed by atoms with van der Waals surface area (Å²) in [5, 5.41) is 20.2. The van der Waals surface area contributed by atoms with Crippen molar-refractivity contribution >= 4 is 23.4 Å². The second-order valence-electron chi connectivity index (χ2n) is 5.35. The lowest BCUT2D eigenvalue weighted by Gasteiger charge is -2.01. The summed E-state index contributed by atoms with van der Waals surface area (Å²) in [5.41, 5.74) is 1.45. The summed E-state index contributed by atoms with van der Waals surface area (Å²) in [6, 6.07) is 14.9. The van der Waals surface area contributed by atoms with Gasteiger partial charge in [-0.25, -0.2) is 4.79 Å². The lowest BCUT2D eigenvalue weighted by atomic mass is 10.1. The van der Waals surface area contributed by atoms with Gasteiger partial charge >= 0.3 is 12.0 Å². The maximum Gasteiger partial charge on any atom is 0.350 e. The summed E-state index contributed by atoms with van der Waals surface area (Å²) in [6.07, 6.45) is 1.29. The highest BCUT2D eigenvalue weighted by atomic mass is 16.6. The number of benzene rings is 2. The van der Waals surface area contributed by atoms with Crippen LogP contribution in [0.4, 0.5) is 11.7 Å². The molecule has 130 valence electrons. The van der Waals surface area contributed by atoms with Gasteiger partial charge in [0.2, 0.25) is 0 Å². The highest BCUT2D eigenvalue weighted by Crippen LogP contribution is 2.22. The smallest absolute Gasteiger partial charge is 0.350 e. The standard InChI is InChI=1S/C18H13N3O5/c22-17(23)15(10-12-5-4-8-14(9-12)21(24)25)19-18-20-16(11-26-18)13-6-2-1-3-7-13/h1-9,11H,10H2,(H,22,23). The maximum absolute atomic E-state index is 11.5. The van der Waals surface area contributed by atoms with Crippen molar-refractivity contribution < 1.29 is 19.2 Å². The fourth-order valence-corrected chi connectivity index (χ4v) is 2.31. The van der Waals surface area contributed by atoms with E-state index in [0.29, 0.717) is 11.3 Å². The Morgan fingerprint density at radius 3 is 2.65 bits per heavy atom. The van der Waals surface area contributed by atoms with E-state index in [9.17, 15) is 20.0 Å². The first-order chi connectivity index (χ1) is 12.5. The molecule has 0 spiro atoms. The lowest BCUT2D eigenvalue weighted by molar-refractivity contribution is -0.384. The van der Waals surface area contributed by atoms with Crippen LogP contribution in [0.15, 0.2) is 70.3 Å². The molecule has 1 heterocycles. The summed E-state index contributed by atoms with van der Waals surface area (Å²) >= 11 is 0. The number of non-ortho nitro benzene ring substituents is 1. The Kier molecular flexibility index (Phi) is 4.84. The highest BCUT2D eigenvalue weighted by molar-refractivity contribution is 6.36. The highest BCUT2D eigenvalue weighted by Gasteiger charge is 2.15. The van der Waals surface area contributed by atoms with Crippen LogP contribution >= 0.6 is 0 Å². The zero-order chi connectivity index (χ0) is 18.5. The van der Waals surface area contributed by atoms with Gasteiger partial charge in [-0.15, -0.1) is 0 Å². The van der Waals surface area contributed by atoms with Gasteiger partial charge in [0, 0.05) is 24.1 Å². The van der Waals surface area contributed by atoms with Crippen LogP contribution in [-0.2, 0) is 11.2 Å². The van der Waals surface area contributed by atoms with E-state index in [2.05, 4.69) is 9.98 Å². The number of nitrogens with zero attached hydrogens (tertiary/aromatic N) is 3. The molecule has 0 aliphatic rings. The minimum atomic E-state index is -1.25. The van der Waals surface area contributed by atoms with E-state index in [1.165, 1.54) is 24.5 Å². The molecule has 0 aliphatic heterocycles. The number of nitro benzene ring substituents is 1. The van der Waals surface area contributed by atoms with Crippen LogP contribution in [0.2, 0.25) is 0 Å². The van der Waals surface area contributed by atoms with Gasteiger partial charge in [0.15, 0.2) is 0 Å². The molecule has 0 amide bonds. The molecule has 8 heteroatoms. The number of rotatable bonds is 6. The van der Waals surface area contributed by atoms with Crippen molar-refractivity contribution in [2.45, 2.75) is 6.42 Å². The zero-order valence-corrected chi connectivity index (χ0v) is 13.4. The summed E-state index contributed by atoms with van der Waals surface area (Å²) < 4.78 is 5.23. The first-order valence-corrected chi connectivity index (χ1v) is 7.58. The summed E-state index contributed by atoms with van der Waals surface area (Å²) in [4.78, 5) is 29.9. The van der Waals surface area contributed by atoms with Gasteiger partial charge in [0.1, 0.15) is 17.7 Å². The van der Waals surface area contributed by atoms with Gasteiger partial charge in [-0.2, -0.15) is 9.98 Å². The van der Waals surface area contributed by atoms with Gasteiger partial charge in [0.25, 0.3) is 5.69 Å². The number of aromatic nitrogens is 1. The number of hydrogen-bond acceptors (Lipinski definition) is 6. The topological polar surface area (TPSA) is 119 Å². The third-order valence-corrected chi connectivity index (χ3v) is 3.53. The molecular formula is C18H13N3O5. The number of carbonyl (C=O) groups is 1. The first kappa shape index (κ1) is 17.0. The minimum Gasteiger partial charge on any atom is -0.477 e. The second kappa shape index (κ2) is 7.39. The quantitative estimate of drug-likeness (QED) is 0.411. The van der Waals surface area contributed by atoms with Crippen LogP contribution in [-0.4, -0.2) is 26.7 Å². The molecule has 1 N–H and O–H groups in total. The SMILES string of the molecule is O=C(O)C(Cc1cccc([N+](=O)[O-])c1)=Nc1nc(-c2ccccc2)co1. The zero-order valence-electron chi connectivity index (χ0n) is 13.4. The molecule has 0 radical (unpaired) electrons. The molecule has 0 atom stereocenters. The molecule has 3 aromatic rings. The van der Waals surface area contributed by atoms with Crippen molar-refractivity contribution in [3.63, 3.8) is 0 Å². The van der Waals surface area contributed by atoms with Crippen LogP contribution < -0.4 is 0 Å². The summed E-state index contributed by atoms with van der Waals surface area (Å²) in [5.74, 6) is -1.25. The molecule has 2 aromatic carbocycles. The van der Waals surface area contributed by atoms with Crippen LogP contribution in [0.25, 0.3) is 11.3 Å². The molecule has 1 aromatic heterocycles. The van der Waals surface area contributed by atoms with Crippen molar-refractivity contribution in [2.75, 3.05) is 0 Å². The van der Waals surface area contributed by atoms with E-state index in [1.807, 2.05) is 30.3 Å². The molecule has 0 fully saturated rings. The Morgan fingerprint density at radius 1 is 1.19 bits per heavy atom. The van der Waals surface area contributed by atoms with Crippen LogP contribution in [0.3, 0.4) is 0 Å². The number of aliphatic carboxylic acids is 1. The fraction of sp³-hybridized carbons (Fsp3) is 0.0556. The van der Waals surface area contributed by atoms with Crippen molar-refractivity contribution in [1.82, 2.24) is 4.98 Å². The first-order valence-electron chi connectivity index (χ1n) is 7.58. The monoisotopic (exact) mass is 351 g/mol. The third kappa shape index (κ3) is 3.99. The molecule has 0 saturated carbocycles. The Labute approximate surface area is 147 Å². The van der Waals surface area contributed by atoms with Gasteiger partial charge in [-0.3, -0.25) is 10.1 Å². The average Bonchev–Trinajstić information content (AvgIpc) is 3.11. The molecular weight excluding hydrogens is 338 g/mol. The maximum atomic E-state index is 11.5. The molecule has 8 nitrogen and oxygen atoms in total. The molecule has 0 saturated heterocycles. The van der Waals surface area contributed by atoms with E-state index >= 15 is 0 Å². The van der Waals surface area contributed by atoms with Crippen molar-refractivity contribution in [2.24, 2.45) is 4.99 Å². The largest absolute Gasteiger partial charge is 0.477 e. The molecule has 3 rings (SSSR count). The van der Waals surface area contributed by atoms with Crippen LogP contribution in [0.1, 0.15) is 5.56 Å². The van der Waals surface area contributed by atoms with E-state index < -0.39 is 10.9 Å². The molecule has 0 aliphatic carbocycles. The number of carboxylic acid groups (broad SMARTS) is 1. The number of hydrogen-bond donors (Lipinski definition) is 1. The Balaban J connectivity index is 1.86. The number of oxazole rings is 1. The lowest BCUT2D eigenvalue weighted by Crippen LogP contribution is -2.15. The van der Waals surface area contributed by atoms with E-state index in [-0.39, 0.29) is 23.8 Å². The normalized spacial score (nSPS) is 11.3. The predicted molar refractivity (Wildman–Crippen MR) is 93.5 cm³/mol.